The monoisotopic (exact) mass is 683 g/mol. The third kappa shape index (κ3) is 4.15. The summed E-state index contributed by atoms with van der Waals surface area (Å²) in [5.74, 6) is 1.43. The van der Waals surface area contributed by atoms with E-state index in [1.165, 1.54) is 66.0 Å². The van der Waals surface area contributed by atoms with Gasteiger partial charge in [0.15, 0.2) is 0 Å². The lowest BCUT2D eigenvalue weighted by molar-refractivity contribution is 0.669. The molecule has 0 fully saturated rings. The predicted octanol–water partition coefficient (Wildman–Crippen LogP) is 13.7. The van der Waals surface area contributed by atoms with E-state index in [1.54, 1.807) is 0 Å². The first-order chi connectivity index (χ1) is 26.0. The number of nitrogens with zero attached hydrogens (tertiary/aromatic N) is 3. The van der Waals surface area contributed by atoms with E-state index in [0.29, 0.717) is 0 Å². The molecular weight excluding hydrogens is 647 g/mol. The topological polar surface area (TPSA) is 35.4 Å². The molecule has 0 aliphatic heterocycles. The number of hydrogen-bond donors (Lipinski definition) is 0. The Bertz CT molecular complexity index is 3200. The predicted molar refractivity (Wildman–Crippen MR) is 222 cm³/mol. The van der Waals surface area contributed by atoms with Crippen molar-refractivity contribution in [3.05, 3.63) is 151 Å². The molecule has 4 nitrogen and oxygen atoms in total. The van der Waals surface area contributed by atoms with Crippen molar-refractivity contribution in [2.24, 2.45) is 0 Å². The van der Waals surface area contributed by atoms with E-state index in [4.69, 9.17) is 9.40 Å². The average Bonchev–Trinajstić information content (AvgIpc) is 3.94. The van der Waals surface area contributed by atoms with Crippen LogP contribution in [-0.2, 0) is 0 Å². The Morgan fingerprint density at radius 1 is 0.528 bits per heavy atom. The molecule has 0 aliphatic carbocycles. The number of rotatable bonds is 5. The van der Waals surface area contributed by atoms with Gasteiger partial charge in [0.2, 0.25) is 0 Å². The minimum Gasteiger partial charge on any atom is -0.455 e. The molecular formula is C49H37N3O. The molecule has 0 bridgehead atoms. The van der Waals surface area contributed by atoms with Crippen molar-refractivity contribution in [2.75, 3.05) is 0 Å². The Labute approximate surface area is 306 Å². The zero-order valence-corrected chi connectivity index (χ0v) is 30.2. The van der Waals surface area contributed by atoms with E-state index in [0.717, 1.165) is 44.4 Å². The fraction of sp³-hybridized carbons (Fsp3) is 0.122. The van der Waals surface area contributed by atoms with Crippen molar-refractivity contribution in [1.82, 2.24) is 14.0 Å². The summed E-state index contributed by atoms with van der Waals surface area (Å²) in [4.78, 5) is 5.52. The standard InChI is InChI=1S/C49H37N3O/c1-28(2)36-25-31(30-15-6-5-7-16-30)26-37(29(3)4)46(36)52-42-23-12-10-21-40(42)50-49(52)39-27-38-34-20-14-19-33-32-17-8-11-22-41(32)51(45(33)34)47(38)44-35-18-9-13-24-43(35)53-48(39)44/h5-29H,1-4H3. The number of fused-ring (bicyclic) bond motifs is 11. The van der Waals surface area contributed by atoms with Gasteiger partial charge in [-0.25, -0.2) is 4.98 Å². The summed E-state index contributed by atoms with van der Waals surface area (Å²) in [5.41, 5.74) is 14.7. The zero-order valence-electron chi connectivity index (χ0n) is 30.2. The fourth-order valence-electron chi connectivity index (χ4n) is 9.00. The lowest BCUT2D eigenvalue weighted by Crippen LogP contribution is -2.09. The highest BCUT2D eigenvalue weighted by atomic mass is 16.3. The second-order valence-electron chi connectivity index (χ2n) is 15.1. The zero-order chi connectivity index (χ0) is 35.5. The Morgan fingerprint density at radius 2 is 1.15 bits per heavy atom. The van der Waals surface area contributed by atoms with Gasteiger partial charge in [0.05, 0.1) is 44.2 Å². The van der Waals surface area contributed by atoms with Gasteiger partial charge < -0.3 is 8.82 Å². The molecule has 11 aromatic rings. The first-order valence-electron chi connectivity index (χ1n) is 18.7. The molecule has 4 heterocycles. The largest absolute Gasteiger partial charge is 0.455 e. The van der Waals surface area contributed by atoms with E-state index in [2.05, 4.69) is 176 Å². The van der Waals surface area contributed by atoms with Crippen molar-refractivity contribution >= 4 is 71.1 Å². The van der Waals surface area contributed by atoms with E-state index >= 15 is 0 Å². The number of hydrogen-bond acceptors (Lipinski definition) is 2. The first kappa shape index (κ1) is 30.3. The summed E-state index contributed by atoms with van der Waals surface area (Å²) >= 11 is 0. The van der Waals surface area contributed by atoms with Gasteiger partial charge in [-0.2, -0.15) is 0 Å². The molecule has 53 heavy (non-hydrogen) atoms. The van der Waals surface area contributed by atoms with E-state index in [-0.39, 0.29) is 11.8 Å². The molecule has 0 unspecified atom stereocenters. The summed E-state index contributed by atoms with van der Waals surface area (Å²) < 4.78 is 11.9. The SMILES string of the molecule is CC(C)c1cc(-c2ccccc2)cc(C(C)C)c1-n1c(-c2cc3c4cccc5c6ccccc6n(c54)c3c3c2oc2ccccc23)nc2ccccc21. The lowest BCUT2D eigenvalue weighted by Gasteiger charge is -2.24. The number of para-hydroxylation sites is 5. The molecule has 11 rings (SSSR count). The van der Waals surface area contributed by atoms with Crippen LogP contribution in [-0.4, -0.2) is 14.0 Å². The molecule has 4 heteroatoms. The van der Waals surface area contributed by atoms with Gasteiger partial charge in [0, 0.05) is 26.9 Å². The summed E-state index contributed by atoms with van der Waals surface area (Å²) in [6.45, 7) is 9.23. The highest BCUT2D eigenvalue weighted by molar-refractivity contribution is 6.31. The molecule has 0 saturated heterocycles. The van der Waals surface area contributed by atoms with E-state index in [9.17, 15) is 0 Å². The average molecular weight is 684 g/mol. The van der Waals surface area contributed by atoms with Gasteiger partial charge in [-0.15, -0.1) is 0 Å². The second kappa shape index (κ2) is 11.1. The lowest BCUT2D eigenvalue weighted by atomic mass is 9.88. The van der Waals surface area contributed by atoms with Crippen LogP contribution in [0.3, 0.4) is 0 Å². The van der Waals surface area contributed by atoms with Crippen LogP contribution in [0.15, 0.2) is 144 Å². The van der Waals surface area contributed by atoms with Crippen LogP contribution in [0, 0.1) is 0 Å². The Balaban J connectivity index is 1.33. The molecule has 0 amide bonds. The highest BCUT2D eigenvalue weighted by Gasteiger charge is 2.28. The molecule has 0 radical (unpaired) electrons. The maximum absolute atomic E-state index is 7.00. The molecule has 0 atom stereocenters. The molecule has 4 aromatic heterocycles. The van der Waals surface area contributed by atoms with Gasteiger partial charge >= 0.3 is 0 Å². The summed E-state index contributed by atoms with van der Waals surface area (Å²) in [6, 6.07) is 50.5. The van der Waals surface area contributed by atoms with Crippen molar-refractivity contribution in [2.45, 2.75) is 39.5 Å². The summed E-state index contributed by atoms with van der Waals surface area (Å²) in [7, 11) is 0. The molecule has 0 aliphatic rings. The van der Waals surface area contributed by atoms with Crippen LogP contribution < -0.4 is 0 Å². The maximum atomic E-state index is 7.00. The quantitative estimate of drug-likeness (QED) is 0.181. The van der Waals surface area contributed by atoms with Crippen LogP contribution in [0.2, 0.25) is 0 Å². The third-order valence-corrected chi connectivity index (χ3v) is 11.4. The molecule has 7 aromatic carbocycles. The molecule has 0 spiro atoms. The van der Waals surface area contributed by atoms with Crippen molar-refractivity contribution in [3.8, 4) is 28.2 Å². The third-order valence-electron chi connectivity index (χ3n) is 11.4. The van der Waals surface area contributed by atoms with Crippen molar-refractivity contribution in [1.29, 1.82) is 0 Å². The Kier molecular flexibility index (Phi) is 6.31. The summed E-state index contributed by atoms with van der Waals surface area (Å²) in [6.07, 6.45) is 0. The first-order valence-corrected chi connectivity index (χ1v) is 18.7. The molecule has 0 saturated carbocycles. The van der Waals surface area contributed by atoms with Crippen molar-refractivity contribution < 1.29 is 4.42 Å². The van der Waals surface area contributed by atoms with Crippen molar-refractivity contribution in [3.63, 3.8) is 0 Å². The van der Waals surface area contributed by atoms with Gasteiger partial charge in [0.25, 0.3) is 0 Å². The van der Waals surface area contributed by atoms with Crippen LogP contribution in [0.1, 0.15) is 50.7 Å². The smallest absolute Gasteiger partial charge is 0.149 e. The Hall–Kier alpha value is -6.39. The fourth-order valence-corrected chi connectivity index (χ4v) is 9.00. The van der Waals surface area contributed by atoms with Gasteiger partial charge in [-0.1, -0.05) is 125 Å². The Morgan fingerprint density at radius 3 is 1.91 bits per heavy atom. The van der Waals surface area contributed by atoms with Crippen LogP contribution >= 0.6 is 0 Å². The van der Waals surface area contributed by atoms with Gasteiger partial charge in [-0.05, 0) is 76.6 Å². The number of aromatic nitrogens is 3. The minimum absolute atomic E-state index is 0.267. The molecule has 0 N–H and O–H groups in total. The van der Waals surface area contributed by atoms with Crippen LogP contribution in [0.4, 0.5) is 0 Å². The van der Waals surface area contributed by atoms with Crippen LogP contribution in [0.5, 0.6) is 0 Å². The van der Waals surface area contributed by atoms with Crippen LogP contribution in [0.25, 0.3) is 99.3 Å². The number of imidazole rings is 1. The number of benzene rings is 7. The van der Waals surface area contributed by atoms with Gasteiger partial charge in [0.1, 0.15) is 17.0 Å². The number of furan rings is 1. The normalized spacial score (nSPS) is 12.5. The van der Waals surface area contributed by atoms with Gasteiger partial charge in [-0.3, -0.25) is 4.57 Å². The maximum Gasteiger partial charge on any atom is 0.149 e. The van der Waals surface area contributed by atoms with E-state index in [1.807, 2.05) is 0 Å². The highest BCUT2D eigenvalue weighted by Crippen LogP contribution is 2.48. The molecule has 254 valence electrons. The second-order valence-corrected chi connectivity index (χ2v) is 15.1. The minimum atomic E-state index is 0.267. The summed E-state index contributed by atoms with van der Waals surface area (Å²) in [5, 5.41) is 7.21. The van der Waals surface area contributed by atoms with E-state index < -0.39 is 0 Å².